The van der Waals surface area contributed by atoms with Crippen molar-refractivity contribution in [2.75, 3.05) is 6.61 Å². The zero-order chi connectivity index (χ0) is 13.8. The number of esters is 1. The van der Waals surface area contributed by atoms with Gasteiger partial charge in [-0.15, -0.1) is 5.10 Å². The molecule has 0 spiro atoms. The van der Waals surface area contributed by atoms with Crippen molar-refractivity contribution < 1.29 is 14.3 Å². The van der Waals surface area contributed by atoms with Gasteiger partial charge in [0.05, 0.1) is 6.61 Å². The maximum atomic E-state index is 11.4. The van der Waals surface area contributed by atoms with Gasteiger partial charge < -0.3 is 9.47 Å². The molecular formula is C11H8Cl2N2O3S. The van der Waals surface area contributed by atoms with Crippen LogP contribution in [0, 0.1) is 0 Å². The first kappa shape index (κ1) is 14.0. The molecule has 0 bridgehead atoms. The van der Waals surface area contributed by atoms with Gasteiger partial charge in [0, 0.05) is 10.0 Å². The Kier molecular flexibility index (Phi) is 4.57. The van der Waals surface area contributed by atoms with Crippen molar-refractivity contribution in [1.29, 1.82) is 0 Å². The molecule has 0 saturated heterocycles. The van der Waals surface area contributed by atoms with Crippen LogP contribution in [-0.2, 0) is 4.74 Å². The van der Waals surface area contributed by atoms with Crippen LogP contribution in [-0.4, -0.2) is 22.8 Å². The molecule has 0 fully saturated rings. The highest BCUT2D eigenvalue weighted by Crippen LogP contribution is 2.30. The van der Waals surface area contributed by atoms with Gasteiger partial charge in [0.15, 0.2) is 0 Å². The maximum Gasteiger partial charge on any atom is 0.369 e. The highest BCUT2D eigenvalue weighted by molar-refractivity contribution is 7.14. The minimum absolute atomic E-state index is 0.130. The van der Waals surface area contributed by atoms with Crippen molar-refractivity contribution >= 4 is 40.5 Å². The van der Waals surface area contributed by atoms with E-state index in [0.29, 0.717) is 15.8 Å². The summed E-state index contributed by atoms with van der Waals surface area (Å²) in [7, 11) is 0. The standard InChI is InChI=1S/C11H8Cl2N2O3S/c1-2-17-10(16)9-14-15-11(19-9)18-8-4-6(12)3-7(13)5-8/h3-5H,2H2,1H3. The molecule has 1 aromatic carbocycles. The van der Waals surface area contributed by atoms with Crippen LogP contribution in [0.1, 0.15) is 16.7 Å². The van der Waals surface area contributed by atoms with Gasteiger partial charge in [-0.1, -0.05) is 28.3 Å². The van der Waals surface area contributed by atoms with Crippen LogP contribution >= 0.6 is 34.5 Å². The lowest BCUT2D eigenvalue weighted by Crippen LogP contribution is -2.03. The number of halogens is 2. The predicted molar refractivity (Wildman–Crippen MR) is 72.4 cm³/mol. The fourth-order valence-corrected chi connectivity index (χ4v) is 2.33. The number of carbonyl (C=O) groups excluding carboxylic acids is 1. The van der Waals surface area contributed by atoms with E-state index in [1.807, 2.05) is 0 Å². The Morgan fingerprint density at radius 3 is 2.58 bits per heavy atom. The molecule has 1 heterocycles. The van der Waals surface area contributed by atoms with Crippen LogP contribution in [0.3, 0.4) is 0 Å². The van der Waals surface area contributed by atoms with E-state index in [9.17, 15) is 4.79 Å². The number of ether oxygens (including phenoxy) is 2. The van der Waals surface area contributed by atoms with Crippen molar-refractivity contribution in [3.05, 3.63) is 33.3 Å². The van der Waals surface area contributed by atoms with E-state index in [2.05, 4.69) is 10.2 Å². The van der Waals surface area contributed by atoms with Crippen LogP contribution in [0.15, 0.2) is 18.2 Å². The average Bonchev–Trinajstić information content (AvgIpc) is 2.76. The molecule has 0 aliphatic heterocycles. The number of rotatable bonds is 4. The minimum atomic E-state index is -0.529. The number of carbonyl (C=O) groups is 1. The molecule has 2 rings (SSSR count). The molecular weight excluding hydrogens is 311 g/mol. The average molecular weight is 319 g/mol. The van der Waals surface area contributed by atoms with Crippen molar-refractivity contribution in [1.82, 2.24) is 10.2 Å². The van der Waals surface area contributed by atoms with Gasteiger partial charge in [-0.3, -0.25) is 0 Å². The lowest BCUT2D eigenvalue weighted by atomic mass is 10.3. The summed E-state index contributed by atoms with van der Waals surface area (Å²) in [6.07, 6.45) is 0. The third-order valence-electron chi connectivity index (χ3n) is 1.90. The molecule has 5 nitrogen and oxygen atoms in total. The van der Waals surface area contributed by atoms with E-state index in [1.54, 1.807) is 25.1 Å². The molecule has 0 amide bonds. The Morgan fingerprint density at radius 1 is 1.26 bits per heavy atom. The number of hydrogen-bond acceptors (Lipinski definition) is 6. The van der Waals surface area contributed by atoms with Gasteiger partial charge >= 0.3 is 5.97 Å². The van der Waals surface area contributed by atoms with Gasteiger partial charge in [-0.25, -0.2) is 4.79 Å². The van der Waals surface area contributed by atoms with Crippen LogP contribution in [0.4, 0.5) is 0 Å². The highest BCUT2D eigenvalue weighted by atomic mass is 35.5. The SMILES string of the molecule is CCOC(=O)c1nnc(Oc2cc(Cl)cc(Cl)c2)s1. The Balaban J connectivity index is 2.13. The zero-order valence-corrected chi connectivity index (χ0v) is 12.1. The smallest absolute Gasteiger partial charge is 0.369 e. The second-order valence-corrected chi connectivity index (χ2v) is 5.11. The van der Waals surface area contributed by atoms with Crippen LogP contribution in [0.2, 0.25) is 10.0 Å². The van der Waals surface area contributed by atoms with E-state index < -0.39 is 5.97 Å². The molecule has 8 heteroatoms. The first-order valence-electron chi connectivity index (χ1n) is 5.23. The van der Waals surface area contributed by atoms with E-state index in [4.69, 9.17) is 32.7 Å². The van der Waals surface area contributed by atoms with E-state index in [-0.39, 0.29) is 16.8 Å². The van der Waals surface area contributed by atoms with Crippen molar-refractivity contribution in [3.8, 4) is 10.9 Å². The summed E-state index contributed by atoms with van der Waals surface area (Å²) < 4.78 is 10.2. The maximum absolute atomic E-state index is 11.4. The third-order valence-corrected chi connectivity index (χ3v) is 3.12. The summed E-state index contributed by atoms with van der Waals surface area (Å²) in [4.78, 5) is 11.4. The molecule has 100 valence electrons. The van der Waals surface area contributed by atoms with Gasteiger partial charge in [0.25, 0.3) is 5.19 Å². The molecule has 1 aromatic heterocycles. The Morgan fingerprint density at radius 2 is 1.95 bits per heavy atom. The molecule has 0 N–H and O–H groups in total. The molecule has 0 unspecified atom stereocenters. The lowest BCUT2D eigenvalue weighted by Gasteiger charge is -2.01. The van der Waals surface area contributed by atoms with Crippen LogP contribution in [0.5, 0.6) is 10.9 Å². The minimum Gasteiger partial charge on any atom is -0.461 e. The third kappa shape index (κ3) is 3.79. The number of aromatic nitrogens is 2. The summed E-state index contributed by atoms with van der Waals surface area (Å²) in [5.41, 5.74) is 0. The second kappa shape index (κ2) is 6.18. The summed E-state index contributed by atoms with van der Waals surface area (Å²) in [5, 5.41) is 8.64. The molecule has 0 aliphatic rings. The molecule has 0 saturated carbocycles. The van der Waals surface area contributed by atoms with Crippen molar-refractivity contribution in [2.24, 2.45) is 0 Å². The summed E-state index contributed by atoms with van der Waals surface area (Å²) in [6.45, 7) is 1.99. The molecule has 0 aliphatic carbocycles. The highest BCUT2D eigenvalue weighted by Gasteiger charge is 2.15. The number of hydrogen-bond donors (Lipinski definition) is 0. The van der Waals surface area contributed by atoms with Crippen molar-refractivity contribution in [2.45, 2.75) is 6.92 Å². The van der Waals surface area contributed by atoms with Crippen LogP contribution in [0.25, 0.3) is 0 Å². The van der Waals surface area contributed by atoms with Gasteiger partial charge in [-0.05, 0) is 36.5 Å². The molecule has 0 atom stereocenters. The molecule has 2 aromatic rings. The number of benzene rings is 1. The van der Waals surface area contributed by atoms with Gasteiger partial charge in [0.1, 0.15) is 5.75 Å². The van der Waals surface area contributed by atoms with Crippen molar-refractivity contribution in [3.63, 3.8) is 0 Å². The van der Waals surface area contributed by atoms with Crippen LogP contribution < -0.4 is 4.74 Å². The van der Waals surface area contributed by atoms with E-state index in [1.165, 1.54) is 0 Å². The Labute approximate surface area is 123 Å². The first-order chi connectivity index (χ1) is 9.08. The van der Waals surface area contributed by atoms with Gasteiger partial charge in [-0.2, -0.15) is 0 Å². The summed E-state index contributed by atoms with van der Waals surface area (Å²) in [5.74, 6) is -0.108. The quantitative estimate of drug-likeness (QED) is 0.802. The number of nitrogens with zero attached hydrogens (tertiary/aromatic N) is 2. The topological polar surface area (TPSA) is 61.3 Å². The molecule has 19 heavy (non-hydrogen) atoms. The largest absolute Gasteiger partial charge is 0.461 e. The van der Waals surface area contributed by atoms with E-state index in [0.717, 1.165) is 11.3 Å². The Hall–Kier alpha value is -1.37. The summed E-state index contributed by atoms with van der Waals surface area (Å²) in [6, 6.07) is 4.75. The monoisotopic (exact) mass is 318 g/mol. The van der Waals surface area contributed by atoms with E-state index >= 15 is 0 Å². The fourth-order valence-electron chi connectivity index (χ4n) is 1.21. The lowest BCUT2D eigenvalue weighted by molar-refractivity contribution is 0.0525. The van der Waals surface area contributed by atoms with Gasteiger partial charge in [0.2, 0.25) is 5.01 Å². The zero-order valence-electron chi connectivity index (χ0n) is 9.72. The fraction of sp³-hybridized carbons (Fsp3) is 0.182. The predicted octanol–water partition coefficient (Wildman–Crippen LogP) is 3.81. The Bertz CT molecular complexity index is 583. The summed E-state index contributed by atoms with van der Waals surface area (Å²) >= 11 is 12.7. The molecule has 0 radical (unpaired) electrons. The normalized spacial score (nSPS) is 10.3. The first-order valence-corrected chi connectivity index (χ1v) is 6.80. The second-order valence-electron chi connectivity index (χ2n) is 3.30.